The van der Waals surface area contributed by atoms with Crippen LogP contribution in [0.5, 0.6) is 11.5 Å². The van der Waals surface area contributed by atoms with Crippen LogP contribution in [-0.4, -0.2) is 53.8 Å². The number of nitrogens with zero attached hydrogens (tertiary/aromatic N) is 4. The zero-order valence-corrected chi connectivity index (χ0v) is 20.5. The Labute approximate surface area is 210 Å². The number of halogens is 1. The largest absolute Gasteiger partial charge is 0.454 e. The summed E-state index contributed by atoms with van der Waals surface area (Å²) in [4.78, 5) is 7.37. The lowest BCUT2D eigenvalue weighted by Gasteiger charge is -2.33. The summed E-state index contributed by atoms with van der Waals surface area (Å²) in [5, 5.41) is 8.93. The Balaban J connectivity index is 1.19. The summed E-state index contributed by atoms with van der Waals surface area (Å²) in [6.07, 6.45) is 4.23. The first-order valence-electron chi connectivity index (χ1n) is 12.1. The predicted octanol–water partition coefficient (Wildman–Crippen LogP) is 3.36. The van der Waals surface area contributed by atoms with Crippen LogP contribution in [0.3, 0.4) is 0 Å². The van der Waals surface area contributed by atoms with Gasteiger partial charge in [0.2, 0.25) is 6.79 Å². The maximum absolute atomic E-state index is 6.49. The molecule has 6 rings (SSSR count). The Kier molecular flexibility index (Phi) is 6.00. The first-order chi connectivity index (χ1) is 17.2. The summed E-state index contributed by atoms with van der Waals surface area (Å²) in [6.45, 7) is 4.17. The number of para-hydroxylation sites is 1. The molecule has 1 saturated heterocycles. The number of fused-ring (bicyclic) bond motifs is 2. The predicted molar refractivity (Wildman–Crippen MR) is 141 cm³/mol. The number of ether oxygens (including phenoxy) is 2. The molecule has 0 amide bonds. The van der Waals surface area contributed by atoms with Crippen molar-refractivity contribution in [2.24, 2.45) is 5.92 Å². The number of hydrogen-bond acceptors (Lipinski definition) is 6. The molecule has 0 saturated carbocycles. The van der Waals surface area contributed by atoms with Crippen LogP contribution in [0.15, 0.2) is 54.7 Å². The lowest BCUT2D eigenvalue weighted by molar-refractivity contribution is 0.162. The third-order valence-corrected chi connectivity index (χ3v) is 7.17. The molecule has 35 heavy (non-hydrogen) atoms. The summed E-state index contributed by atoms with van der Waals surface area (Å²) in [6, 6.07) is 16.0. The van der Waals surface area contributed by atoms with Crippen molar-refractivity contribution in [3.05, 3.63) is 65.3 Å². The Morgan fingerprint density at radius 2 is 2.06 bits per heavy atom. The van der Waals surface area contributed by atoms with E-state index in [9.17, 15) is 0 Å². The molecular weight excluding hydrogens is 461 g/mol. The fourth-order valence-corrected chi connectivity index (χ4v) is 5.30. The maximum atomic E-state index is 6.49. The van der Waals surface area contributed by atoms with Gasteiger partial charge in [-0.05, 0) is 42.9 Å². The molecule has 0 bridgehead atoms. The van der Waals surface area contributed by atoms with Gasteiger partial charge >= 0.3 is 0 Å². The minimum absolute atomic E-state index is 0.308. The maximum Gasteiger partial charge on any atom is 0.231 e. The van der Waals surface area contributed by atoms with E-state index in [1.807, 2.05) is 61.0 Å². The minimum Gasteiger partial charge on any atom is -0.454 e. The van der Waals surface area contributed by atoms with Gasteiger partial charge < -0.3 is 14.8 Å². The molecule has 1 fully saturated rings. The second-order valence-electron chi connectivity index (χ2n) is 9.34. The number of nitrogens with one attached hydrogen (secondary N) is 1. The molecule has 0 spiro atoms. The molecule has 4 aromatic rings. The standard InChI is InChI=1S/C26H27BClN5O2/c27-20-13-30-33-24(11-22(31-26(20)33)19-7-1-2-8-21(19)28)29-12-17-5-4-10-32(14-17)15-18-6-3-9-23-25(18)35-16-34-23/h1-3,6-9,11,13,17,29H,4-5,10,12,14-16,27H2. The number of likely N-dealkylation sites (tertiary alicyclic amines) is 1. The van der Waals surface area contributed by atoms with E-state index >= 15 is 0 Å². The molecule has 178 valence electrons. The van der Waals surface area contributed by atoms with Crippen LogP contribution in [0.2, 0.25) is 5.02 Å². The Bertz CT molecular complexity index is 1380. The highest BCUT2D eigenvalue weighted by Gasteiger charge is 2.24. The monoisotopic (exact) mass is 487 g/mol. The van der Waals surface area contributed by atoms with Crippen LogP contribution < -0.4 is 20.3 Å². The highest BCUT2D eigenvalue weighted by atomic mass is 35.5. The second kappa shape index (κ2) is 9.43. The average molecular weight is 488 g/mol. The van der Waals surface area contributed by atoms with E-state index < -0.39 is 0 Å². The van der Waals surface area contributed by atoms with Gasteiger partial charge in [0.15, 0.2) is 17.1 Å². The highest BCUT2D eigenvalue weighted by Crippen LogP contribution is 2.36. The van der Waals surface area contributed by atoms with E-state index in [-0.39, 0.29) is 0 Å². The molecule has 0 aliphatic carbocycles. The molecule has 1 N–H and O–H groups in total. The Hall–Kier alpha value is -3.23. The average Bonchev–Trinajstić information content (AvgIpc) is 3.51. The first kappa shape index (κ1) is 22.3. The van der Waals surface area contributed by atoms with Gasteiger partial charge in [0.05, 0.1) is 5.69 Å². The third kappa shape index (κ3) is 4.44. The normalized spacial score (nSPS) is 17.7. The van der Waals surface area contributed by atoms with E-state index in [4.69, 9.17) is 26.1 Å². The number of hydrogen-bond donors (Lipinski definition) is 1. The number of anilines is 1. The Morgan fingerprint density at radius 1 is 1.14 bits per heavy atom. The first-order valence-corrected chi connectivity index (χ1v) is 12.5. The van der Waals surface area contributed by atoms with E-state index in [2.05, 4.69) is 21.4 Å². The summed E-state index contributed by atoms with van der Waals surface area (Å²) in [5.74, 6) is 3.21. The Morgan fingerprint density at radius 3 is 2.97 bits per heavy atom. The van der Waals surface area contributed by atoms with Gasteiger partial charge in [-0.15, -0.1) is 0 Å². The number of aromatic nitrogens is 3. The summed E-state index contributed by atoms with van der Waals surface area (Å²) < 4.78 is 13.2. The lowest BCUT2D eigenvalue weighted by atomic mass is 9.97. The molecule has 1 atom stereocenters. The van der Waals surface area contributed by atoms with Crippen molar-refractivity contribution in [1.29, 1.82) is 0 Å². The number of piperidine rings is 1. The molecule has 2 aliphatic rings. The van der Waals surface area contributed by atoms with Crippen LogP contribution in [0.4, 0.5) is 5.82 Å². The topological polar surface area (TPSA) is 63.9 Å². The van der Waals surface area contributed by atoms with E-state index in [0.29, 0.717) is 17.7 Å². The van der Waals surface area contributed by atoms with Gasteiger partial charge in [0.1, 0.15) is 13.7 Å². The SMILES string of the molecule is Bc1cnn2c(NCC3CCCN(Cc4cccc5c4OCO5)C3)cc(-c3ccccc3Cl)nc12. The molecule has 2 aromatic carbocycles. The van der Waals surface area contributed by atoms with Gasteiger partial charge in [-0.25, -0.2) is 4.98 Å². The fraction of sp³-hybridized carbons (Fsp3) is 0.308. The molecule has 4 heterocycles. The van der Waals surface area contributed by atoms with Crippen molar-refractivity contribution in [1.82, 2.24) is 19.5 Å². The van der Waals surface area contributed by atoms with Crippen molar-refractivity contribution in [3.8, 4) is 22.8 Å². The molecular formula is C26H27BClN5O2. The van der Waals surface area contributed by atoms with Crippen LogP contribution in [-0.2, 0) is 6.54 Å². The summed E-state index contributed by atoms with van der Waals surface area (Å²) in [7, 11) is 2.03. The quantitative estimate of drug-likeness (QED) is 0.421. The van der Waals surface area contributed by atoms with Crippen molar-refractivity contribution in [2.45, 2.75) is 19.4 Å². The second-order valence-corrected chi connectivity index (χ2v) is 9.75. The summed E-state index contributed by atoms with van der Waals surface area (Å²) >= 11 is 6.49. The van der Waals surface area contributed by atoms with Crippen LogP contribution in [0.25, 0.3) is 16.9 Å². The van der Waals surface area contributed by atoms with Crippen molar-refractivity contribution in [3.63, 3.8) is 0 Å². The molecule has 0 radical (unpaired) electrons. The van der Waals surface area contributed by atoms with Gasteiger partial charge in [0, 0.05) is 48.0 Å². The number of benzene rings is 2. The van der Waals surface area contributed by atoms with Crippen molar-refractivity contribution < 1.29 is 9.47 Å². The van der Waals surface area contributed by atoms with Crippen LogP contribution in [0.1, 0.15) is 18.4 Å². The van der Waals surface area contributed by atoms with Crippen LogP contribution >= 0.6 is 11.6 Å². The lowest BCUT2D eigenvalue weighted by Crippen LogP contribution is -2.37. The van der Waals surface area contributed by atoms with Crippen molar-refractivity contribution in [2.75, 3.05) is 31.7 Å². The fourth-order valence-electron chi connectivity index (χ4n) is 5.07. The molecule has 9 heteroatoms. The molecule has 1 unspecified atom stereocenters. The zero-order chi connectivity index (χ0) is 23.8. The molecule has 2 aromatic heterocycles. The zero-order valence-electron chi connectivity index (χ0n) is 19.7. The highest BCUT2D eigenvalue weighted by molar-refractivity contribution is 6.36. The summed E-state index contributed by atoms with van der Waals surface area (Å²) in [5.41, 5.74) is 4.84. The smallest absolute Gasteiger partial charge is 0.231 e. The van der Waals surface area contributed by atoms with Gasteiger partial charge in [-0.2, -0.15) is 9.61 Å². The van der Waals surface area contributed by atoms with Gasteiger partial charge in [-0.1, -0.05) is 41.9 Å². The van der Waals surface area contributed by atoms with Crippen LogP contribution in [0, 0.1) is 5.92 Å². The third-order valence-electron chi connectivity index (χ3n) is 6.85. The minimum atomic E-state index is 0.308. The molecule has 2 aliphatic heterocycles. The van der Waals surface area contributed by atoms with Gasteiger partial charge in [0.25, 0.3) is 0 Å². The molecule has 7 nitrogen and oxygen atoms in total. The number of rotatable bonds is 6. The van der Waals surface area contributed by atoms with Gasteiger partial charge in [-0.3, -0.25) is 4.90 Å². The van der Waals surface area contributed by atoms with E-state index in [0.717, 1.165) is 65.9 Å². The van der Waals surface area contributed by atoms with Crippen molar-refractivity contribution >= 4 is 36.4 Å². The van der Waals surface area contributed by atoms with E-state index in [1.54, 1.807) is 0 Å². The van der Waals surface area contributed by atoms with E-state index in [1.165, 1.54) is 18.4 Å².